The Hall–Kier alpha value is -3.02. The summed E-state index contributed by atoms with van der Waals surface area (Å²) in [5, 5.41) is 28.1. The lowest BCUT2D eigenvalue weighted by molar-refractivity contribution is -0.120. The largest absolute Gasteiger partial charge is 0.507 e. The van der Waals surface area contributed by atoms with Crippen LogP contribution in [0.15, 0.2) is 36.4 Å². The van der Waals surface area contributed by atoms with E-state index < -0.39 is 5.97 Å². The molecule has 0 spiro atoms. The second-order valence-electron chi connectivity index (χ2n) is 3.93. The van der Waals surface area contributed by atoms with Crippen molar-refractivity contribution in [3.63, 3.8) is 0 Å². The van der Waals surface area contributed by atoms with Gasteiger partial charge in [0.1, 0.15) is 11.3 Å². The molecular formula is C14H10O6. The lowest BCUT2D eigenvalue weighted by Gasteiger charge is -2.07. The standard InChI is InChI=1S/C14H10O6/c15-7-20-13-4-2-9(6-12(13)17)8-1-3-10(14(18)19)11(16)5-8/h1-7,16-17H,(H,18,19). The fourth-order valence-electron chi connectivity index (χ4n) is 1.74. The first kappa shape index (κ1) is 13.4. The van der Waals surface area contributed by atoms with Crippen molar-refractivity contribution in [2.75, 3.05) is 0 Å². The van der Waals surface area contributed by atoms with Gasteiger partial charge in [0.15, 0.2) is 11.5 Å². The zero-order valence-electron chi connectivity index (χ0n) is 10.1. The first-order valence-corrected chi connectivity index (χ1v) is 5.53. The van der Waals surface area contributed by atoms with Crippen LogP contribution in [0.3, 0.4) is 0 Å². The summed E-state index contributed by atoms with van der Waals surface area (Å²) in [6.07, 6.45) is 0. The maximum absolute atomic E-state index is 10.8. The number of carbonyl (C=O) groups is 2. The summed E-state index contributed by atoms with van der Waals surface area (Å²) in [5.74, 6) is -1.83. The highest BCUT2D eigenvalue weighted by molar-refractivity contribution is 5.91. The van der Waals surface area contributed by atoms with Crippen LogP contribution >= 0.6 is 0 Å². The molecule has 0 bridgehead atoms. The van der Waals surface area contributed by atoms with Crippen LogP contribution in [0, 0.1) is 0 Å². The third kappa shape index (κ3) is 2.54. The molecule has 102 valence electrons. The predicted octanol–water partition coefficient (Wildman–Crippen LogP) is 2.00. The monoisotopic (exact) mass is 274 g/mol. The van der Waals surface area contributed by atoms with E-state index in [2.05, 4.69) is 4.74 Å². The number of aromatic hydroxyl groups is 2. The topological polar surface area (TPSA) is 104 Å². The van der Waals surface area contributed by atoms with Crippen molar-refractivity contribution in [1.82, 2.24) is 0 Å². The highest BCUT2D eigenvalue weighted by Gasteiger charge is 2.11. The Morgan fingerprint density at radius 1 is 1.00 bits per heavy atom. The van der Waals surface area contributed by atoms with Crippen LogP contribution in [0.25, 0.3) is 11.1 Å². The van der Waals surface area contributed by atoms with E-state index in [-0.39, 0.29) is 29.3 Å². The van der Waals surface area contributed by atoms with Gasteiger partial charge >= 0.3 is 5.97 Å². The molecule has 3 N–H and O–H groups in total. The quantitative estimate of drug-likeness (QED) is 0.736. The zero-order valence-corrected chi connectivity index (χ0v) is 10.1. The molecule has 0 atom stereocenters. The van der Waals surface area contributed by atoms with Crippen LogP contribution in [-0.4, -0.2) is 27.8 Å². The Bertz CT molecular complexity index is 677. The van der Waals surface area contributed by atoms with Gasteiger partial charge in [0.05, 0.1) is 0 Å². The predicted molar refractivity (Wildman–Crippen MR) is 68.9 cm³/mol. The minimum atomic E-state index is -1.23. The number of carboxylic acid groups (broad SMARTS) is 1. The lowest BCUT2D eigenvalue weighted by atomic mass is 10.0. The molecule has 0 unspecified atom stereocenters. The van der Waals surface area contributed by atoms with Crippen LogP contribution in [0.2, 0.25) is 0 Å². The van der Waals surface area contributed by atoms with Gasteiger partial charge in [-0.1, -0.05) is 12.1 Å². The summed E-state index contributed by atoms with van der Waals surface area (Å²) in [5.41, 5.74) is 0.840. The maximum Gasteiger partial charge on any atom is 0.339 e. The molecule has 0 amide bonds. The van der Waals surface area contributed by atoms with E-state index in [0.717, 1.165) is 0 Å². The molecule has 0 saturated heterocycles. The zero-order chi connectivity index (χ0) is 14.7. The molecule has 0 aliphatic rings. The normalized spacial score (nSPS) is 10.0. The molecule has 0 aromatic heterocycles. The second kappa shape index (κ2) is 5.31. The highest BCUT2D eigenvalue weighted by atomic mass is 16.5. The molecule has 0 saturated carbocycles. The number of ether oxygens (including phenoxy) is 1. The van der Waals surface area contributed by atoms with Gasteiger partial charge in [-0.2, -0.15) is 0 Å². The Morgan fingerprint density at radius 2 is 1.60 bits per heavy atom. The Labute approximate surface area is 113 Å². The van der Waals surface area contributed by atoms with Crippen molar-refractivity contribution in [3.8, 4) is 28.4 Å². The first-order chi connectivity index (χ1) is 9.52. The van der Waals surface area contributed by atoms with E-state index in [1.54, 1.807) is 6.07 Å². The van der Waals surface area contributed by atoms with E-state index in [4.69, 9.17) is 5.11 Å². The number of aromatic carboxylic acids is 1. The van der Waals surface area contributed by atoms with E-state index in [1.165, 1.54) is 30.3 Å². The number of phenolic OH excluding ortho intramolecular Hbond substituents is 1. The SMILES string of the molecule is O=COc1ccc(-c2ccc(C(=O)O)c(O)c2)cc1O. The number of carboxylic acids is 1. The van der Waals surface area contributed by atoms with Gasteiger partial charge < -0.3 is 20.1 Å². The molecule has 0 heterocycles. The molecule has 6 nitrogen and oxygen atoms in total. The molecule has 2 aromatic rings. The van der Waals surface area contributed by atoms with Crippen LogP contribution in [-0.2, 0) is 4.79 Å². The van der Waals surface area contributed by atoms with Crippen LogP contribution in [0.4, 0.5) is 0 Å². The average molecular weight is 274 g/mol. The number of hydrogen-bond donors (Lipinski definition) is 3. The van der Waals surface area contributed by atoms with E-state index in [1.807, 2.05) is 0 Å². The van der Waals surface area contributed by atoms with Gasteiger partial charge in [0.25, 0.3) is 6.47 Å². The van der Waals surface area contributed by atoms with E-state index >= 15 is 0 Å². The van der Waals surface area contributed by atoms with Gasteiger partial charge in [-0.3, -0.25) is 4.79 Å². The molecule has 0 aliphatic carbocycles. The average Bonchev–Trinajstić information content (AvgIpc) is 2.40. The van der Waals surface area contributed by atoms with Crippen LogP contribution in [0.5, 0.6) is 17.2 Å². The van der Waals surface area contributed by atoms with Gasteiger partial charge in [-0.05, 0) is 35.4 Å². The number of phenols is 2. The van der Waals surface area contributed by atoms with Crippen molar-refractivity contribution in [2.24, 2.45) is 0 Å². The highest BCUT2D eigenvalue weighted by Crippen LogP contribution is 2.33. The molecule has 2 aromatic carbocycles. The minimum Gasteiger partial charge on any atom is -0.507 e. The van der Waals surface area contributed by atoms with Gasteiger partial charge in [0.2, 0.25) is 0 Å². The lowest BCUT2D eigenvalue weighted by Crippen LogP contribution is -1.96. The molecule has 20 heavy (non-hydrogen) atoms. The summed E-state index contributed by atoms with van der Waals surface area (Å²) in [4.78, 5) is 21.0. The molecule has 2 rings (SSSR count). The van der Waals surface area contributed by atoms with Crippen molar-refractivity contribution in [1.29, 1.82) is 0 Å². The summed E-state index contributed by atoms with van der Waals surface area (Å²) in [6, 6.07) is 8.33. The summed E-state index contributed by atoms with van der Waals surface area (Å²) >= 11 is 0. The van der Waals surface area contributed by atoms with E-state index in [0.29, 0.717) is 11.1 Å². The fourth-order valence-corrected chi connectivity index (χ4v) is 1.74. The van der Waals surface area contributed by atoms with Crippen molar-refractivity contribution in [2.45, 2.75) is 0 Å². The first-order valence-electron chi connectivity index (χ1n) is 5.53. The van der Waals surface area contributed by atoms with Gasteiger partial charge in [0, 0.05) is 0 Å². The van der Waals surface area contributed by atoms with Gasteiger partial charge in [-0.15, -0.1) is 0 Å². The Kier molecular flexibility index (Phi) is 3.56. The smallest absolute Gasteiger partial charge is 0.339 e. The van der Waals surface area contributed by atoms with Crippen LogP contribution in [0.1, 0.15) is 10.4 Å². The number of benzene rings is 2. The van der Waals surface area contributed by atoms with Crippen molar-refractivity contribution < 1.29 is 29.6 Å². The van der Waals surface area contributed by atoms with Crippen molar-refractivity contribution >= 4 is 12.4 Å². The Morgan fingerprint density at radius 3 is 2.10 bits per heavy atom. The molecule has 6 heteroatoms. The van der Waals surface area contributed by atoms with Crippen LogP contribution < -0.4 is 4.74 Å². The minimum absolute atomic E-state index is 0.00938. The summed E-state index contributed by atoms with van der Waals surface area (Å²) in [7, 11) is 0. The molecular weight excluding hydrogens is 264 g/mol. The third-order valence-electron chi connectivity index (χ3n) is 2.70. The maximum atomic E-state index is 10.8. The van der Waals surface area contributed by atoms with E-state index in [9.17, 15) is 19.8 Å². The number of carbonyl (C=O) groups excluding carboxylic acids is 1. The second-order valence-corrected chi connectivity index (χ2v) is 3.93. The number of hydrogen-bond acceptors (Lipinski definition) is 5. The number of rotatable bonds is 4. The summed E-state index contributed by atoms with van der Waals surface area (Å²) in [6.45, 7) is 0.197. The van der Waals surface area contributed by atoms with Crippen molar-refractivity contribution in [3.05, 3.63) is 42.0 Å². The molecule has 0 aliphatic heterocycles. The van der Waals surface area contributed by atoms with Gasteiger partial charge in [-0.25, -0.2) is 4.79 Å². The third-order valence-corrected chi connectivity index (χ3v) is 2.70. The summed E-state index contributed by atoms with van der Waals surface area (Å²) < 4.78 is 4.54. The Balaban J connectivity index is 2.41. The molecule has 0 fully saturated rings. The molecule has 0 radical (unpaired) electrons. The fraction of sp³-hybridized carbons (Fsp3) is 0.